The van der Waals surface area contributed by atoms with Gasteiger partial charge in [0.2, 0.25) is 0 Å². The van der Waals surface area contributed by atoms with Gasteiger partial charge in [-0.3, -0.25) is 14.8 Å². The van der Waals surface area contributed by atoms with Gasteiger partial charge in [-0.15, -0.1) is 0 Å². The summed E-state index contributed by atoms with van der Waals surface area (Å²) in [6.07, 6.45) is 2.03. The molecule has 11 heteroatoms. The van der Waals surface area contributed by atoms with Crippen molar-refractivity contribution in [1.29, 1.82) is 0 Å². The monoisotopic (exact) mass is 408 g/mol. The van der Waals surface area contributed by atoms with Crippen LogP contribution in [0.3, 0.4) is 0 Å². The van der Waals surface area contributed by atoms with Gasteiger partial charge in [0.15, 0.2) is 11.5 Å². The number of carboxylic acid groups (broad SMARTS) is 1. The highest BCUT2D eigenvalue weighted by molar-refractivity contribution is 7.92. The minimum Gasteiger partial charge on any atom is -0.493 e. The molecule has 0 unspecified atom stereocenters. The van der Waals surface area contributed by atoms with E-state index >= 15 is 0 Å². The lowest BCUT2D eigenvalue weighted by atomic mass is 10.2. The molecule has 0 aliphatic rings. The highest BCUT2D eigenvalue weighted by atomic mass is 32.2. The molecule has 2 rings (SSSR count). The fourth-order valence-corrected chi connectivity index (χ4v) is 3.57. The van der Waals surface area contributed by atoms with Crippen LogP contribution in [0, 0.1) is 10.1 Å². The molecule has 0 bridgehead atoms. The number of carboxylic acids is 1. The van der Waals surface area contributed by atoms with E-state index in [1.54, 1.807) is 0 Å². The zero-order chi connectivity index (χ0) is 20.9. The van der Waals surface area contributed by atoms with Crippen LogP contribution < -0.4 is 14.2 Å². The second-order valence-corrected chi connectivity index (χ2v) is 6.99. The molecular formula is C17H16N2O8S. The Kier molecular flexibility index (Phi) is 6.21. The van der Waals surface area contributed by atoms with Gasteiger partial charge in [-0.1, -0.05) is 6.07 Å². The Bertz CT molecular complexity index is 1050. The summed E-state index contributed by atoms with van der Waals surface area (Å²) in [4.78, 5) is 20.6. The predicted molar refractivity (Wildman–Crippen MR) is 100 cm³/mol. The number of methoxy groups -OCH3 is 2. The molecule has 0 aliphatic carbocycles. The number of nitro groups is 1. The summed E-state index contributed by atoms with van der Waals surface area (Å²) in [7, 11) is -1.71. The summed E-state index contributed by atoms with van der Waals surface area (Å²) < 4.78 is 38.2. The number of carbonyl (C=O) groups is 1. The number of nitrogens with zero attached hydrogens (tertiary/aromatic N) is 1. The van der Waals surface area contributed by atoms with Gasteiger partial charge >= 0.3 is 5.97 Å². The van der Waals surface area contributed by atoms with Gasteiger partial charge < -0.3 is 14.6 Å². The quantitative estimate of drug-likeness (QED) is 0.385. The standard InChI is InChI=1S/C17H16N2O8S/c1-26-14-8-11(6-7-16(20)21)9-15(17(14)27-2)28(24,25)18-12-4-3-5-13(10-12)19(22)23/h3-10,18H,1-2H3,(H,20,21)/b7-6+. The summed E-state index contributed by atoms with van der Waals surface area (Å²) >= 11 is 0. The second-order valence-electron chi connectivity index (χ2n) is 5.34. The van der Waals surface area contributed by atoms with E-state index in [2.05, 4.69) is 4.72 Å². The van der Waals surface area contributed by atoms with E-state index in [9.17, 15) is 23.3 Å². The average Bonchev–Trinajstić information content (AvgIpc) is 2.65. The maximum atomic E-state index is 12.9. The number of ether oxygens (including phenoxy) is 2. The van der Waals surface area contributed by atoms with Crippen molar-refractivity contribution < 1.29 is 32.7 Å². The Morgan fingerprint density at radius 2 is 1.93 bits per heavy atom. The van der Waals surface area contributed by atoms with Crippen molar-refractivity contribution in [3.63, 3.8) is 0 Å². The maximum Gasteiger partial charge on any atom is 0.328 e. The van der Waals surface area contributed by atoms with Gasteiger partial charge in [0.05, 0.1) is 24.8 Å². The van der Waals surface area contributed by atoms with Crippen LogP contribution in [-0.2, 0) is 14.8 Å². The normalized spacial score (nSPS) is 11.2. The third-order valence-corrected chi connectivity index (χ3v) is 4.87. The van der Waals surface area contributed by atoms with Crippen LogP contribution in [0.25, 0.3) is 6.08 Å². The summed E-state index contributed by atoms with van der Waals surface area (Å²) in [5.74, 6) is -1.25. The highest BCUT2D eigenvalue weighted by Gasteiger charge is 2.24. The number of hydrogen-bond acceptors (Lipinski definition) is 7. The first-order chi connectivity index (χ1) is 13.2. The van der Waals surface area contributed by atoms with E-state index in [0.29, 0.717) is 0 Å². The number of non-ortho nitro benzene ring substituents is 1. The fourth-order valence-electron chi connectivity index (χ4n) is 2.31. The minimum atomic E-state index is -4.25. The van der Waals surface area contributed by atoms with Crippen molar-refractivity contribution in [1.82, 2.24) is 0 Å². The van der Waals surface area contributed by atoms with Crippen LogP contribution in [0.5, 0.6) is 11.5 Å². The van der Waals surface area contributed by atoms with Gasteiger partial charge in [-0.2, -0.15) is 0 Å². The third-order valence-electron chi connectivity index (χ3n) is 3.48. The smallest absolute Gasteiger partial charge is 0.328 e. The first-order valence-corrected chi connectivity index (χ1v) is 9.10. The molecule has 0 aliphatic heterocycles. The number of rotatable bonds is 8. The summed E-state index contributed by atoms with van der Waals surface area (Å²) in [6.45, 7) is 0. The second kappa shape index (κ2) is 8.39. The van der Waals surface area contributed by atoms with Gasteiger partial charge in [0.25, 0.3) is 15.7 Å². The molecule has 2 aromatic carbocycles. The van der Waals surface area contributed by atoms with Crippen LogP contribution in [0.15, 0.2) is 47.4 Å². The molecule has 2 N–H and O–H groups in total. The van der Waals surface area contributed by atoms with Gasteiger partial charge in [0, 0.05) is 18.2 Å². The largest absolute Gasteiger partial charge is 0.493 e. The van der Waals surface area contributed by atoms with Crippen molar-refractivity contribution in [3.8, 4) is 11.5 Å². The molecule has 0 heterocycles. The van der Waals surface area contributed by atoms with Crippen LogP contribution in [0.1, 0.15) is 5.56 Å². The average molecular weight is 408 g/mol. The lowest BCUT2D eigenvalue weighted by Crippen LogP contribution is -2.15. The number of aliphatic carboxylic acids is 1. The molecule has 0 fully saturated rings. The molecule has 148 valence electrons. The molecule has 0 aromatic heterocycles. The molecule has 0 radical (unpaired) electrons. The zero-order valence-electron chi connectivity index (χ0n) is 14.8. The number of nitrogens with one attached hydrogen (secondary N) is 1. The van der Waals surface area contributed by atoms with Crippen molar-refractivity contribution in [2.75, 3.05) is 18.9 Å². The Hall–Kier alpha value is -3.60. The first-order valence-electron chi connectivity index (χ1n) is 7.62. The molecule has 0 saturated heterocycles. The summed E-state index contributed by atoms with van der Waals surface area (Å²) in [5.41, 5.74) is -0.0796. The van der Waals surface area contributed by atoms with Crippen LogP contribution in [-0.4, -0.2) is 38.6 Å². The molecule has 0 amide bonds. The van der Waals surface area contributed by atoms with Crippen molar-refractivity contribution in [2.45, 2.75) is 4.90 Å². The molecule has 0 atom stereocenters. The molecule has 10 nitrogen and oxygen atoms in total. The lowest BCUT2D eigenvalue weighted by molar-refractivity contribution is -0.384. The Morgan fingerprint density at radius 3 is 2.50 bits per heavy atom. The Balaban J connectivity index is 2.56. The van der Waals surface area contributed by atoms with E-state index < -0.39 is 20.9 Å². The van der Waals surface area contributed by atoms with E-state index in [0.717, 1.165) is 12.1 Å². The van der Waals surface area contributed by atoms with Crippen LogP contribution >= 0.6 is 0 Å². The number of anilines is 1. The number of sulfonamides is 1. The number of benzene rings is 2. The maximum absolute atomic E-state index is 12.9. The van der Waals surface area contributed by atoms with E-state index in [4.69, 9.17) is 14.6 Å². The topological polar surface area (TPSA) is 145 Å². The van der Waals surface area contributed by atoms with Crippen LogP contribution in [0.2, 0.25) is 0 Å². The number of hydrogen-bond donors (Lipinski definition) is 2. The summed E-state index contributed by atoms with van der Waals surface area (Å²) in [6, 6.07) is 7.57. The van der Waals surface area contributed by atoms with Crippen LogP contribution in [0.4, 0.5) is 11.4 Å². The highest BCUT2D eigenvalue weighted by Crippen LogP contribution is 2.37. The number of nitro benzene ring substituents is 1. The molecule has 0 spiro atoms. The predicted octanol–water partition coefficient (Wildman–Crippen LogP) is 2.51. The molecule has 2 aromatic rings. The van der Waals surface area contributed by atoms with Crippen molar-refractivity contribution in [2.24, 2.45) is 0 Å². The van der Waals surface area contributed by atoms with Crippen molar-refractivity contribution >= 4 is 33.4 Å². The Labute approximate surface area is 160 Å². The zero-order valence-corrected chi connectivity index (χ0v) is 15.6. The van der Waals surface area contributed by atoms with E-state index in [1.807, 2.05) is 0 Å². The van der Waals surface area contributed by atoms with Crippen molar-refractivity contribution in [3.05, 3.63) is 58.2 Å². The SMILES string of the molecule is COc1cc(/C=C/C(=O)O)cc(S(=O)(=O)Nc2cccc([N+](=O)[O-])c2)c1OC. The van der Waals surface area contributed by atoms with E-state index in [-0.39, 0.29) is 33.3 Å². The fraction of sp³-hybridized carbons (Fsp3) is 0.118. The summed E-state index contributed by atoms with van der Waals surface area (Å²) in [5, 5.41) is 19.6. The Morgan fingerprint density at radius 1 is 1.21 bits per heavy atom. The van der Waals surface area contributed by atoms with Gasteiger partial charge in [0.1, 0.15) is 4.90 Å². The lowest BCUT2D eigenvalue weighted by Gasteiger charge is -2.15. The van der Waals surface area contributed by atoms with E-state index in [1.165, 1.54) is 50.6 Å². The van der Waals surface area contributed by atoms with Gasteiger partial charge in [-0.25, -0.2) is 13.2 Å². The third kappa shape index (κ3) is 4.76. The minimum absolute atomic E-state index is 0.0262. The molecule has 28 heavy (non-hydrogen) atoms. The molecule has 0 saturated carbocycles. The molecular weight excluding hydrogens is 392 g/mol. The van der Waals surface area contributed by atoms with Gasteiger partial charge in [-0.05, 0) is 29.8 Å². The first kappa shape index (κ1) is 20.7.